The number of carbonyl (C=O) groups is 2. The van der Waals surface area contributed by atoms with Crippen molar-refractivity contribution in [1.29, 1.82) is 0 Å². The van der Waals surface area contributed by atoms with Crippen LogP contribution in [0.25, 0.3) is 0 Å². The lowest BCUT2D eigenvalue weighted by Gasteiger charge is -2.36. The number of hydrogen-bond donors (Lipinski definition) is 1. The van der Waals surface area contributed by atoms with Gasteiger partial charge in [-0.25, -0.2) is 8.78 Å². The van der Waals surface area contributed by atoms with Crippen LogP contribution >= 0.6 is 0 Å². The zero-order valence-corrected chi connectivity index (χ0v) is 15.3. The van der Waals surface area contributed by atoms with Crippen LogP contribution in [0.2, 0.25) is 0 Å². The Morgan fingerprint density at radius 3 is 2.41 bits per heavy atom. The van der Waals surface area contributed by atoms with E-state index in [1.165, 1.54) is 16.0 Å². The average molecular weight is 373 g/mol. The molecule has 0 saturated carbocycles. The molecule has 2 aromatic carbocycles. The maximum absolute atomic E-state index is 13.6. The Hall–Kier alpha value is -2.96. The third kappa shape index (κ3) is 4.07. The Labute approximate surface area is 156 Å². The molecule has 0 unspecified atom stereocenters. The Morgan fingerprint density at radius 1 is 1.00 bits per heavy atom. The van der Waals surface area contributed by atoms with E-state index in [9.17, 15) is 18.4 Å². The molecule has 2 amide bonds. The van der Waals surface area contributed by atoms with Crippen LogP contribution in [0.15, 0.2) is 36.4 Å². The summed E-state index contributed by atoms with van der Waals surface area (Å²) in [4.78, 5) is 28.1. The normalized spacial score (nSPS) is 14.2. The first kappa shape index (κ1) is 18.8. The van der Waals surface area contributed by atoms with E-state index in [2.05, 4.69) is 30.1 Å². The molecule has 0 bridgehead atoms. The summed E-state index contributed by atoms with van der Waals surface area (Å²) in [6.07, 6.45) is 0. The zero-order valence-electron chi connectivity index (χ0n) is 15.3. The standard InChI is InChI=1S/C20H21F2N3O2/c1-13-4-3-5-18(14(13)2)24-8-10-25(11-9-24)20(27)19(26)23-17-12-15(21)6-7-16(17)22/h3-7,12H,8-11H2,1-2H3,(H,23,26). The van der Waals surface area contributed by atoms with Crippen molar-refractivity contribution in [3.05, 3.63) is 59.2 Å². The first-order valence-corrected chi connectivity index (χ1v) is 8.73. The summed E-state index contributed by atoms with van der Waals surface area (Å²) in [6.45, 7) is 6.06. The second-order valence-electron chi connectivity index (χ2n) is 6.58. The van der Waals surface area contributed by atoms with Gasteiger partial charge in [0.25, 0.3) is 0 Å². The molecule has 142 valence electrons. The van der Waals surface area contributed by atoms with Crippen molar-refractivity contribution < 1.29 is 18.4 Å². The molecule has 0 radical (unpaired) electrons. The Kier molecular flexibility index (Phi) is 5.39. The van der Waals surface area contributed by atoms with Crippen molar-refractivity contribution in [2.24, 2.45) is 0 Å². The molecule has 1 aliphatic heterocycles. The molecular weight excluding hydrogens is 352 g/mol. The van der Waals surface area contributed by atoms with Crippen LogP contribution in [0.5, 0.6) is 0 Å². The van der Waals surface area contributed by atoms with Gasteiger partial charge in [0.2, 0.25) is 0 Å². The summed E-state index contributed by atoms with van der Waals surface area (Å²) >= 11 is 0. The minimum Gasteiger partial charge on any atom is -0.368 e. The SMILES string of the molecule is Cc1cccc(N2CCN(C(=O)C(=O)Nc3cc(F)ccc3F)CC2)c1C. The average Bonchev–Trinajstić information content (AvgIpc) is 2.66. The zero-order chi connectivity index (χ0) is 19.6. The minimum absolute atomic E-state index is 0.345. The van der Waals surface area contributed by atoms with Crippen LogP contribution in [0, 0.1) is 25.5 Å². The monoisotopic (exact) mass is 373 g/mol. The van der Waals surface area contributed by atoms with E-state index < -0.39 is 23.4 Å². The van der Waals surface area contributed by atoms with Gasteiger partial charge in [-0.3, -0.25) is 9.59 Å². The first-order valence-electron chi connectivity index (χ1n) is 8.73. The molecule has 0 atom stereocenters. The van der Waals surface area contributed by atoms with E-state index >= 15 is 0 Å². The van der Waals surface area contributed by atoms with Crippen molar-refractivity contribution in [2.45, 2.75) is 13.8 Å². The number of hydrogen-bond acceptors (Lipinski definition) is 3. The van der Waals surface area contributed by atoms with Gasteiger partial charge in [-0.1, -0.05) is 12.1 Å². The van der Waals surface area contributed by atoms with Crippen LogP contribution in [-0.2, 0) is 9.59 Å². The van der Waals surface area contributed by atoms with Gasteiger partial charge in [0.15, 0.2) is 0 Å². The lowest BCUT2D eigenvalue weighted by Crippen LogP contribution is -2.51. The topological polar surface area (TPSA) is 52.7 Å². The van der Waals surface area contributed by atoms with E-state index in [0.717, 1.165) is 23.9 Å². The molecule has 7 heteroatoms. The predicted octanol–water partition coefficient (Wildman–Crippen LogP) is 2.87. The van der Waals surface area contributed by atoms with Crippen molar-refractivity contribution in [2.75, 3.05) is 36.4 Å². The number of nitrogens with zero attached hydrogens (tertiary/aromatic N) is 2. The summed E-state index contributed by atoms with van der Waals surface area (Å²) in [6, 6.07) is 8.78. The molecule has 1 aliphatic rings. The molecule has 1 heterocycles. The minimum atomic E-state index is -0.973. The second kappa shape index (κ2) is 7.73. The van der Waals surface area contributed by atoms with Crippen molar-refractivity contribution in [3.63, 3.8) is 0 Å². The largest absolute Gasteiger partial charge is 0.368 e. The van der Waals surface area contributed by atoms with Gasteiger partial charge in [-0.15, -0.1) is 0 Å². The first-order chi connectivity index (χ1) is 12.9. The molecule has 3 rings (SSSR count). The molecule has 1 N–H and O–H groups in total. The van der Waals surface area contributed by atoms with Gasteiger partial charge in [-0.05, 0) is 43.2 Å². The van der Waals surface area contributed by atoms with Crippen LogP contribution in [0.4, 0.5) is 20.2 Å². The quantitative estimate of drug-likeness (QED) is 0.824. The highest BCUT2D eigenvalue weighted by Crippen LogP contribution is 2.24. The van der Waals surface area contributed by atoms with E-state index in [1.807, 2.05) is 12.1 Å². The fourth-order valence-electron chi connectivity index (χ4n) is 3.14. The van der Waals surface area contributed by atoms with Gasteiger partial charge in [0.1, 0.15) is 11.6 Å². The van der Waals surface area contributed by atoms with E-state index in [-0.39, 0.29) is 5.69 Å². The fourth-order valence-corrected chi connectivity index (χ4v) is 3.14. The summed E-state index contributed by atoms with van der Waals surface area (Å²) in [5.74, 6) is -3.21. The molecule has 0 aliphatic carbocycles. The molecule has 27 heavy (non-hydrogen) atoms. The van der Waals surface area contributed by atoms with Crippen molar-refractivity contribution in [3.8, 4) is 0 Å². The number of nitrogens with one attached hydrogen (secondary N) is 1. The lowest BCUT2D eigenvalue weighted by atomic mass is 10.1. The van der Waals surface area contributed by atoms with Gasteiger partial charge < -0.3 is 15.1 Å². The van der Waals surface area contributed by atoms with Crippen LogP contribution in [-0.4, -0.2) is 42.9 Å². The maximum atomic E-state index is 13.6. The Balaban J connectivity index is 1.62. The van der Waals surface area contributed by atoms with Crippen molar-refractivity contribution >= 4 is 23.2 Å². The Morgan fingerprint density at radius 2 is 1.70 bits per heavy atom. The third-order valence-electron chi connectivity index (χ3n) is 4.85. The molecular formula is C20H21F2N3O2. The highest BCUT2D eigenvalue weighted by atomic mass is 19.1. The van der Waals surface area contributed by atoms with Crippen LogP contribution < -0.4 is 10.2 Å². The molecule has 0 spiro atoms. The molecule has 2 aromatic rings. The number of amides is 2. The van der Waals surface area contributed by atoms with E-state index in [0.29, 0.717) is 26.2 Å². The summed E-state index contributed by atoms with van der Waals surface area (Å²) in [7, 11) is 0. The number of carbonyl (C=O) groups excluding carboxylic acids is 2. The molecule has 1 fully saturated rings. The van der Waals surface area contributed by atoms with Crippen LogP contribution in [0.1, 0.15) is 11.1 Å². The highest BCUT2D eigenvalue weighted by molar-refractivity contribution is 6.39. The maximum Gasteiger partial charge on any atom is 0.313 e. The Bertz CT molecular complexity index is 878. The van der Waals surface area contributed by atoms with Gasteiger partial charge in [0.05, 0.1) is 5.69 Å². The van der Waals surface area contributed by atoms with Crippen molar-refractivity contribution in [1.82, 2.24) is 4.90 Å². The lowest BCUT2D eigenvalue weighted by molar-refractivity contribution is -0.143. The molecule has 5 nitrogen and oxygen atoms in total. The van der Waals surface area contributed by atoms with Crippen LogP contribution in [0.3, 0.4) is 0 Å². The number of piperazine rings is 1. The van der Waals surface area contributed by atoms with Gasteiger partial charge >= 0.3 is 11.8 Å². The second-order valence-corrected chi connectivity index (χ2v) is 6.58. The summed E-state index contributed by atoms with van der Waals surface area (Å²) < 4.78 is 26.8. The van der Waals surface area contributed by atoms with Gasteiger partial charge in [-0.2, -0.15) is 0 Å². The molecule has 1 saturated heterocycles. The smallest absolute Gasteiger partial charge is 0.313 e. The van der Waals surface area contributed by atoms with Gasteiger partial charge in [0, 0.05) is 37.9 Å². The number of aryl methyl sites for hydroxylation is 1. The third-order valence-corrected chi connectivity index (χ3v) is 4.85. The predicted molar refractivity (Wildman–Crippen MR) is 99.7 cm³/mol. The number of rotatable bonds is 2. The highest BCUT2D eigenvalue weighted by Gasteiger charge is 2.27. The summed E-state index contributed by atoms with van der Waals surface area (Å²) in [5.41, 5.74) is 3.16. The number of halogens is 2. The number of anilines is 2. The molecule has 0 aromatic heterocycles. The summed E-state index contributed by atoms with van der Waals surface area (Å²) in [5, 5.41) is 2.15. The number of benzene rings is 2. The fraction of sp³-hybridized carbons (Fsp3) is 0.300. The van der Waals surface area contributed by atoms with E-state index in [4.69, 9.17) is 0 Å². The van der Waals surface area contributed by atoms with E-state index in [1.54, 1.807) is 0 Å².